The van der Waals surface area contributed by atoms with Crippen molar-refractivity contribution in [3.8, 4) is 11.5 Å². The van der Waals surface area contributed by atoms with Gasteiger partial charge in [-0.3, -0.25) is 28.9 Å². The molecule has 2 saturated heterocycles. The number of hydrogen-bond donors (Lipinski definition) is 2. The number of anilines is 1. The van der Waals surface area contributed by atoms with Crippen molar-refractivity contribution < 1.29 is 38.9 Å². The van der Waals surface area contributed by atoms with Crippen LogP contribution in [0.3, 0.4) is 0 Å². The monoisotopic (exact) mass is 586 g/mol. The van der Waals surface area contributed by atoms with Gasteiger partial charge in [-0.25, -0.2) is 4.90 Å². The fourth-order valence-electron chi connectivity index (χ4n) is 7.90. The van der Waals surface area contributed by atoms with Crippen LogP contribution in [-0.2, 0) is 24.0 Å². The summed E-state index contributed by atoms with van der Waals surface area (Å²) in [6.45, 7) is 3.89. The lowest BCUT2D eigenvalue weighted by Crippen LogP contribution is -2.48. The van der Waals surface area contributed by atoms with Crippen LogP contribution >= 0.6 is 0 Å². The Kier molecular flexibility index (Phi) is 7.10. The molecule has 2 aromatic carbocycles. The zero-order valence-electron chi connectivity index (χ0n) is 24.1. The second-order valence-electron chi connectivity index (χ2n) is 11.9. The highest BCUT2D eigenvalue weighted by Gasteiger charge is 2.67. The van der Waals surface area contributed by atoms with E-state index < -0.39 is 41.0 Å². The highest BCUT2D eigenvalue weighted by molar-refractivity contribution is 6.24. The molecule has 224 valence electrons. The lowest BCUT2D eigenvalue weighted by atomic mass is 9.51. The van der Waals surface area contributed by atoms with Gasteiger partial charge in [-0.15, -0.1) is 0 Å². The molecule has 4 aliphatic rings. The number of allylic oxidation sites excluding steroid dienone is 2. The van der Waals surface area contributed by atoms with Gasteiger partial charge in [-0.05, 0) is 57.2 Å². The Bertz CT molecular complexity index is 1550. The summed E-state index contributed by atoms with van der Waals surface area (Å²) in [5.41, 5.74) is 0.357. The zero-order valence-corrected chi connectivity index (χ0v) is 24.1. The van der Waals surface area contributed by atoms with Crippen LogP contribution in [0, 0.1) is 29.1 Å². The van der Waals surface area contributed by atoms with E-state index in [-0.39, 0.29) is 67.4 Å². The van der Waals surface area contributed by atoms with E-state index in [2.05, 4.69) is 0 Å². The van der Waals surface area contributed by atoms with Crippen LogP contribution in [0.1, 0.15) is 51.0 Å². The molecule has 6 atom stereocenters. The van der Waals surface area contributed by atoms with E-state index in [1.165, 1.54) is 9.80 Å². The van der Waals surface area contributed by atoms with Crippen molar-refractivity contribution in [3.63, 3.8) is 0 Å². The number of carboxylic acids is 1. The van der Waals surface area contributed by atoms with Crippen LogP contribution in [0.4, 0.5) is 5.69 Å². The zero-order chi connectivity index (χ0) is 30.6. The van der Waals surface area contributed by atoms with Gasteiger partial charge < -0.3 is 14.9 Å². The van der Waals surface area contributed by atoms with E-state index in [1.807, 2.05) is 6.08 Å². The number of carbonyl (C=O) groups excluding carboxylic acids is 4. The van der Waals surface area contributed by atoms with E-state index in [0.717, 1.165) is 5.57 Å². The van der Waals surface area contributed by atoms with Gasteiger partial charge in [-0.1, -0.05) is 42.0 Å². The maximum absolute atomic E-state index is 14.4. The molecule has 2 aliphatic carbocycles. The van der Waals surface area contributed by atoms with Gasteiger partial charge >= 0.3 is 5.97 Å². The summed E-state index contributed by atoms with van der Waals surface area (Å²) in [6, 6.07) is 13.8. The number of phenolic OH excluding ortho intramolecular Hbond substituents is 1. The van der Waals surface area contributed by atoms with Gasteiger partial charge in [0.05, 0.1) is 35.5 Å². The third-order valence-electron chi connectivity index (χ3n) is 9.79. The van der Waals surface area contributed by atoms with Gasteiger partial charge in [0.2, 0.25) is 23.6 Å². The normalized spacial score (nSPS) is 29.7. The lowest BCUT2D eigenvalue weighted by Gasteiger charge is -2.49. The molecule has 2 heterocycles. The number of aliphatic carboxylic acids is 1. The first-order valence-corrected chi connectivity index (χ1v) is 14.8. The van der Waals surface area contributed by atoms with E-state index in [4.69, 9.17) is 9.84 Å². The van der Waals surface area contributed by atoms with E-state index in [0.29, 0.717) is 17.9 Å². The molecule has 2 aromatic rings. The maximum Gasteiger partial charge on any atom is 0.303 e. The number of imide groups is 2. The molecule has 2 N–H and O–H groups in total. The number of ether oxygens (including phenoxy) is 1. The number of aromatic hydroxyl groups is 1. The van der Waals surface area contributed by atoms with Crippen LogP contribution in [0.2, 0.25) is 0 Å². The first kappa shape index (κ1) is 28.6. The maximum atomic E-state index is 14.4. The molecule has 2 aliphatic heterocycles. The topological polar surface area (TPSA) is 142 Å². The number of para-hydroxylation sites is 2. The van der Waals surface area contributed by atoms with Crippen molar-refractivity contribution in [3.05, 3.63) is 65.7 Å². The highest BCUT2D eigenvalue weighted by Crippen LogP contribution is 2.64. The Morgan fingerprint density at radius 1 is 1.00 bits per heavy atom. The van der Waals surface area contributed by atoms with Crippen molar-refractivity contribution in [1.82, 2.24) is 4.90 Å². The average Bonchev–Trinajstić information content (AvgIpc) is 3.34. The number of nitrogens with zero attached hydrogens (tertiary/aromatic N) is 2. The average molecular weight is 587 g/mol. The molecule has 0 spiro atoms. The molecule has 43 heavy (non-hydrogen) atoms. The second kappa shape index (κ2) is 10.7. The van der Waals surface area contributed by atoms with Crippen LogP contribution in [0.25, 0.3) is 0 Å². The number of likely N-dealkylation sites (tertiary alicyclic amines) is 1. The smallest absolute Gasteiger partial charge is 0.303 e. The molecule has 0 aromatic heterocycles. The molecule has 10 heteroatoms. The molecule has 0 bridgehead atoms. The van der Waals surface area contributed by atoms with Crippen LogP contribution in [0.15, 0.2) is 60.2 Å². The third-order valence-corrected chi connectivity index (χ3v) is 9.79. The number of fused-ring (bicyclic) bond motifs is 4. The summed E-state index contributed by atoms with van der Waals surface area (Å²) in [7, 11) is 0. The molecule has 10 nitrogen and oxygen atoms in total. The first-order chi connectivity index (χ1) is 20.6. The van der Waals surface area contributed by atoms with E-state index >= 15 is 0 Å². The number of carboxylic acid groups (broad SMARTS) is 1. The van der Waals surface area contributed by atoms with Crippen molar-refractivity contribution in [2.45, 2.75) is 45.4 Å². The number of hydrogen-bond acceptors (Lipinski definition) is 7. The Morgan fingerprint density at radius 3 is 2.44 bits per heavy atom. The van der Waals surface area contributed by atoms with E-state index in [1.54, 1.807) is 62.4 Å². The van der Waals surface area contributed by atoms with Crippen molar-refractivity contribution in [2.24, 2.45) is 29.1 Å². The number of rotatable bonds is 8. The summed E-state index contributed by atoms with van der Waals surface area (Å²) >= 11 is 0. The van der Waals surface area contributed by atoms with Crippen LogP contribution < -0.4 is 9.64 Å². The largest absolute Gasteiger partial charge is 0.504 e. The molecular weight excluding hydrogens is 552 g/mol. The standard InChI is InChI=1S/C33H34N2O8/c1-3-43-24-12-7-11-21(28(24)38)27-19-14-15-20-26(31(41)34(29(20)39)16-8-13-25(36)37)22(19)17-23-30(40)35(32(42)33(23,27)2)18-9-5-4-6-10-18/h4-7,9-12,14,20,22-23,26-27,38H,3,8,13,15-17H2,1-2H3,(H,36,37)/t20-,22+,23-,26-,27+,33+/m0/s1. The van der Waals surface area contributed by atoms with Crippen LogP contribution in [0.5, 0.6) is 11.5 Å². The second-order valence-corrected chi connectivity index (χ2v) is 11.9. The number of amides is 4. The molecular formula is C33H34N2O8. The van der Waals surface area contributed by atoms with Gasteiger partial charge in [0.1, 0.15) is 0 Å². The Labute approximate surface area is 248 Å². The Balaban J connectivity index is 1.47. The molecule has 3 fully saturated rings. The molecule has 0 unspecified atom stereocenters. The highest BCUT2D eigenvalue weighted by atomic mass is 16.5. The van der Waals surface area contributed by atoms with Crippen LogP contribution in [-0.4, -0.2) is 57.9 Å². The van der Waals surface area contributed by atoms with Gasteiger partial charge in [0.15, 0.2) is 11.5 Å². The minimum absolute atomic E-state index is 0.0139. The summed E-state index contributed by atoms with van der Waals surface area (Å²) in [4.78, 5) is 69.3. The third kappa shape index (κ3) is 4.25. The number of benzene rings is 2. The Hall–Kier alpha value is -4.47. The molecule has 4 amide bonds. The fraction of sp³-hybridized carbons (Fsp3) is 0.424. The summed E-state index contributed by atoms with van der Waals surface area (Å²) < 4.78 is 5.68. The van der Waals surface area contributed by atoms with Crippen molar-refractivity contribution in [2.75, 3.05) is 18.1 Å². The van der Waals surface area contributed by atoms with Crippen molar-refractivity contribution >= 4 is 35.3 Å². The summed E-state index contributed by atoms with van der Waals surface area (Å²) in [6.07, 6.45) is 2.37. The predicted molar refractivity (Wildman–Crippen MR) is 154 cm³/mol. The summed E-state index contributed by atoms with van der Waals surface area (Å²) in [5, 5.41) is 20.5. The molecule has 1 saturated carbocycles. The predicted octanol–water partition coefficient (Wildman–Crippen LogP) is 3.89. The molecule has 6 rings (SSSR count). The van der Waals surface area contributed by atoms with Gasteiger partial charge in [-0.2, -0.15) is 0 Å². The van der Waals surface area contributed by atoms with E-state index in [9.17, 15) is 29.1 Å². The van der Waals surface area contributed by atoms with Gasteiger partial charge in [0.25, 0.3) is 0 Å². The quantitative estimate of drug-likeness (QED) is 0.351. The van der Waals surface area contributed by atoms with Gasteiger partial charge in [0, 0.05) is 24.4 Å². The lowest BCUT2D eigenvalue weighted by molar-refractivity contribution is -0.142. The number of carbonyl (C=O) groups is 5. The number of phenols is 1. The Morgan fingerprint density at radius 2 is 1.74 bits per heavy atom. The minimum Gasteiger partial charge on any atom is -0.504 e. The SMILES string of the molecule is CCOc1cccc([C@H]2C3=CC[C@@H]4C(=O)N(CCCC(=O)O)C(=O)[C@@H]4[C@@H]3C[C@H]3C(=O)N(c4ccccc4)C(=O)[C@@]23C)c1O. The summed E-state index contributed by atoms with van der Waals surface area (Å²) in [5.74, 6) is -5.80. The minimum atomic E-state index is -1.28. The van der Waals surface area contributed by atoms with Crippen molar-refractivity contribution in [1.29, 1.82) is 0 Å². The fourth-order valence-corrected chi connectivity index (χ4v) is 7.90. The molecule has 0 radical (unpaired) electrons. The first-order valence-electron chi connectivity index (χ1n) is 14.8.